The van der Waals surface area contributed by atoms with Gasteiger partial charge in [0.05, 0.1) is 17.2 Å². The fourth-order valence-electron chi connectivity index (χ4n) is 3.29. The molecule has 4 heteroatoms. The largest absolute Gasteiger partial charge is 0.377 e. The van der Waals surface area contributed by atoms with Gasteiger partial charge < -0.3 is 9.64 Å². The molecule has 1 saturated carbocycles. The third-order valence-electron chi connectivity index (χ3n) is 4.56. The van der Waals surface area contributed by atoms with Gasteiger partial charge in [0.2, 0.25) is 0 Å². The van der Waals surface area contributed by atoms with E-state index in [0.717, 1.165) is 15.6 Å². The molecule has 0 aromatic heterocycles. The summed E-state index contributed by atoms with van der Waals surface area (Å²) in [5, 5.41) is 0. The highest BCUT2D eigenvalue weighted by Gasteiger charge is 2.48. The fourth-order valence-corrected chi connectivity index (χ4v) is 3.87. The van der Waals surface area contributed by atoms with Crippen molar-refractivity contribution in [2.75, 3.05) is 7.11 Å². The fraction of sp³-hybridized carbons (Fsp3) is 0.562. The van der Waals surface area contributed by atoms with Gasteiger partial charge in [-0.1, -0.05) is 12.1 Å². The zero-order chi connectivity index (χ0) is 14.5. The van der Waals surface area contributed by atoms with E-state index in [9.17, 15) is 4.79 Å². The van der Waals surface area contributed by atoms with Gasteiger partial charge in [-0.25, -0.2) is 0 Å². The van der Waals surface area contributed by atoms with Crippen LogP contribution in [0.1, 0.15) is 42.6 Å². The number of hydrogen-bond acceptors (Lipinski definition) is 2. The molecule has 108 valence electrons. The Labute approximate surface area is 128 Å². The van der Waals surface area contributed by atoms with Gasteiger partial charge in [0, 0.05) is 18.1 Å². The summed E-state index contributed by atoms with van der Waals surface area (Å²) in [6, 6.07) is 6.13. The predicted molar refractivity (Wildman–Crippen MR) is 81.6 cm³/mol. The molecule has 1 amide bonds. The van der Waals surface area contributed by atoms with Crippen LogP contribution in [0, 0.1) is 5.92 Å². The van der Waals surface area contributed by atoms with Crippen LogP contribution in [-0.2, 0) is 11.3 Å². The summed E-state index contributed by atoms with van der Waals surface area (Å²) in [7, 11) is 1.74. The van der Waals surface area contributed by atoms with E-state index in [1.807, 2.05) is 23.1 Å². The molecule has 2 aliphatic rings. The standard InChI is InChI=1S/C16H20BrNO2/c1-16(2,20-3)14(10-7-8-10)18-9-11-5-4-6-12(17)13(11)15(18)19/h4-6,10,14H,7-9H2,1-3H3/t14-/m1/s1. The first-order chi connectivity index (χ1) is 9.45. The first kappa shape index (κ1) is 14.1. The third kappa shape index (κ3) is 2.19. The van der Waals surface area contributed by atoms with Crippen LogP contribution in [0.5, 0.6) is 0 Å². The molecule has 1 atom stereocenters. The number of fused-ring (bicyclic) bond motifs is 1. The van der Waals surface area contributed by atoms with E-state index in [0.29, 0.717) is 12.5 Å². The summed E-state index contributed by atoms with van der Waals surface area (Å²) < 4.78 is 6.58. The normalized spacial score (nSPS) is 20.2. The van der Waals surface area contributed by atoms with Crippen molar-refractivity contribution in [1.29, 1.82) is 0 Å². The van der Waals surface area contributed by atoms with Crippen LogP contribution in [0.15, 0.2) is 22.7 Å². The Hall–Kier alpha value is -0.870. The monoisotopic (exact) mass is 337 g/mol. The maximum absolute atomic E-state index is 12.8. The Kier molecular flexibility index (Phi) is 3.41. The van der Waals surface area contributed by atoms with Crippen molar-refractivity contribution in [3.63, 3.8) is 0 Å². The van der Waals surface area contributed by atoms with Gasteiger partial charge in [0.25, 0.3) is 5.91 Å². The lowest BCUT2D eigenvalue weighted by Gasteiger charge is -2.39. The molecule has 20 heavy (non-hydrogen) atoms. The van der Waals surface area contributed by atoms with Crippen LogP contribution < -0.4 is 0 Å². The molecule has 0 unspecified atom stereocenters. The predicted octanol–water partition coefficient (Wildman–Crippen LogP) is 3.61. The van der Waals surface area contributed by atoms with Gasteiger partial charge in [-0.15, -0.1) is 0 Å². The molecule has 3 rings (SSSR count). The Balaban J connectivity index is 1.96. The summed E-state index contributed by atoms with van der Waals surface area (Å²) in [4.78, 5) is 14.8. The highest BCUT2D eigenvalue weighted by Crippen LogP contribution is 2.44. The molecule has 1 heterocycles. The first-order valence-electron chi connectivity index (χ1n) is 7.09. The Morgan fingerprint density at radius 1 is 1.40 bits per heavy atom. The maximum atomic E-state index is 12.8. The van der Waals surface area contributed by atoms with Crippen molar-refractivity contribution >= 4 is 21.8 Å². The average Bonchev–Trinajstić information content (AvgIpc) is 3.16. The molecular formula is C16H20BrNO2. The molecule has 1 aromatic carbocycles. The number of hydrogen-bond donors (Lipinski definition) is 0. The Bertz CT molecular complexity index is 551. The smallest absolute Gasteiger partial charge is 0.256 e. The summed E-state index contributed by atoms with van der Waals surface area (Å²) in [6.07, 6.45) is 2.39. The highest BCUT2D eigenvalue weighted by molar-refractivity contribution is 9.10. The molecule has 0 spiro atoms. The minimum Gasteiger partial charge on any atom is -0.377 e. The Morgan fingerprint density at radius 2 is 2.10 bits per heavy atom. The topological polar surface area (TPSA) is 29.5 Å². The molecule has 0 bridgehead atoms. The number of amides is 1. The molecule has 0 radical (unpaired) electrons. The van der Waals surface area contributed by atoms with E-state index in [-0.39, 0.29) is 17.6 Å². The van der Waals surface area contributed by atoms with Crippen LogP contribution in [0.2, 0.25) is 0 Å². The van der Waals surface area contributed by atoms with Crippen molar-refractivity contribution in [2.45, 2.75) is 44.9 Å². The molecule has 0 N–H and O–H groups in total. The molecular weight excluding hydrogens is 318 g/mol. The van der Waals surface area contributed by atoms with Gasteiger partial charge in [0.15, 0.2) is 0 Å². The number of nitrogens with zero attached hydrogens (tertiary/aromatic N) is 1. The van der Waals surface area contributed by atoms with Crippen LogP contribution in [0.3, 0.4) is 0 Å². The van der Waals surface area contributed by atoms with Gasteiger partial charge >= 0.3 is 0 Å². The van der Waals surface area contributed by atoms with E-state index in [1.54, 1.807) is 7.11 Å². The van der Waals surface area contributed by atoms with Crippen LogP contribution >= 0.6 is 15.9 Å². The number of halogens is 1. The molecule has 3 nitrogen and oxygen atoms in total. The molecule has 1 fully saturated rings. The zero-order valence-electron chi connectivity index (χ0n) is 12.1. The average molecular weight is 338 g/mol. The summed E-state index contributed by atoms with van der Waals surface area (Å²) in [5.74, 6) is 0.705. The summed E-state index contributed by atoms with van der Waals surface area (Å²) in [6.45, 7) is 4.87. The van der Waals surface area contributed by atoms with Crippen molar-refractivity contribution in [2.24, 2.45) is 5.92 Å². The van der Waals surface area contributed by atoms with Gasteiger partial charge in [-0.05, 0) is 60.2 Å². The van der Waals surface area contributed by atoms with Crippen LogP contribution in [-0.4, -0.2) is 29.6 Å². The number of carbonyl (C=O) groups is 1. The van der Waals surface area contributed by atoms with E-state index in [1.165, 1.54) is 12.8 Å². The third-order valence-corrected chi connectivity index (χ3v) is 5.22. The van der Waals surface area contributed by atoms with Crippen LogP contribution in [0.4, 0.5) is 0 Å². The summed E-state index contributed by atoms with van der Waals surface area (Å²) in [5.41, 5.74) is 1.62. The SMILES string of the molecule is COC(C)(C)[C@@H](C1CC1)N1Cc2cccc(Br)c2C1=O. The second kappa shape index (κ2) is 4.85. The van der Waals surface area contributed by atoms with E-state index in [2.05, 4.69) is 29.8 Å². The minimum absolute atomic E-state index is 0.134. The number of rotatable bonds is 4. The van der Waals surface area contributed by atoms with Crippen molar-refractivity contribution in [1.82, 2.24) is 4.90 Å². The number of carbonyl (C=O) groups excluding carboxylic acids is 1. The van der Waals surface area contributed by atoms with E-state index < -0.39 is 0 Å². The van der Waals surface area contributed by atoms with Crippen molar-refractivity contribution in [3.8, 4) is 0 Å². The molecule has 1 aromatic rings. The minimum atomic E-state index is -0.314. The quantitative estimate of drug-likeness (QED) is 0.839. The van der Waals surface area contributed by atoms with E-state index >= 15 is 0 Å². The van der Waals surface area contributed by atoms with Crippen molar-refractivity contribution < 1.29 is 9.53 Å². The molecule has 1 aliphatic carbocycles. The highest BCUT2D eigenvalue weighted by atomic mass is 79.9. The van der Waals surface area contributed by atoms with Crippen molar-refractivity contribution in [3.05, 3.63) is 33.8 Å². The second-order valence-electron chi connectivity index (χ2n) is 6.30. The van der Waals surface area contributed by atoms with Gasteiger partial charge in [-0.2, -0.15) is 0 Å². The van der Waals surface area contributed by atoms with Gasteiger partial charge in [0.1, 0.15) is 0 Å². The van der Waals surface area contributed by atoms with E-state index in [4.69, 9.17) is 4.74 Å². The van der Waals surface area contributed by atoms with Gasteiger partial charge in [-0.3, -0.25) is 4.79 Å². The summed E-state index contributed by atoms with van der Waals surface area (Å²) >= 11 is 3.51. The lowest BCUT2D eigenvalue weighted by molar-refractivity contribution is -0.0532. The lowest BCUT2D eigenvalue weighted by Crippen LogP contribution is -2.52. The number of methoxy groups -OCH3 is 1. The maximum Gasteiger partial charge on any atom is 0.256 e. The lowest BCUT2D eigenvalue weighted by atomic mass is 9.92. The second-order valence-corrected chi connectivity index (χ2v) is 7.15. The molecule has 0 saturated heterocycles. The first-order valence-corrected chi connectivity index (χ1v) is 7.88. The Morgan fingerprint density at radius 3 is 2.65 bits per heavy atom. The zero-order valence-corrected chi connectivity index (χ0v) is 13.7. The number of ether oxygens (including phenoxy) is 1. The number of benzene rings is 1. The van der Waals surface area contributed by atoms with Crippen LogP contribution in [0.25, 0.3) is 0 Å². The molecule has 1 aliphatic heterocycles.